The number of nitrogens with one attached hydrogen (secondary N) is 1. The molecule has 2 heterocycles. The summed E-state index contributed by atoms with van der Waals surface area (Å²) in [6.07, 6.45) is 4.84. The molecule has 0 bridgehead atoms. The van der Waals surface area contributed by atoms with Crippen LogP contribution in [0.15, 0.2) is 58.1 Å². The van der Waals surface area contributed by atoms with E-state index in [1.807, 2.05) is 42.5 Å². The average Bonchev–Trinajstić information content (AvgIpc) is 3.25. The second-order valence-corrected chi connectivity index (χ2v) is 6.84. The van der Waals surface area contributed by atoms with Gasteiger partial charge in [-0.1, -0.05) is 18.2 Å². The van der Waals surface area contributed by atoms with Gasteiger partial charge in [0.1, 0.15) is 24.2 Å². The van der Waals surface area contributed by atoms with Gasteiger partial charge in [-0.05, 0) is 37.6 Å². The predicted octanol–water partition coefficient (Wildman–Crippen LogP) is 3.70. The van der Waals surface area contributed by atoms with E-state index in [9.17, 15) is 0 Å². The molecule has 1 aliphatic rings. The molecular weight excluding hydrogens is 354 g/mol. The number of hydrogen-bond acceptors (Lipinski definition) is 4. The molecule has 3 rings (SSSR count). The molecule has 0 amide bonds. The molecule has 28 heavy (non-hydrogen) atoms. The van der Waals surface area contributed by atoms with Crippen molar-refractivity contribution >= 4 is 5.96 Å². The lowest BCUT2D eigenvalue weighted by molar-refractivity contribution is 0.105. The Morgan fingerprint density at radius 2 is 2.00 bits per heavy atom. The molecule has 0 atom stereocenters. The lowest BCUT2D eigenvalue weighted by Gasteiger charge is -2.34. The summed E-state index contributed by atoms with van der Waals surface area (Å²) in [5.41, 5.74) is 0. The quantitative estimate of drug-likeness (QED) is 0.405. The summed E-state index contributed by atoms with van der Waals surface area (Å²) in [6.45, 7) is 6.83. The Labute approximate surface area is 167 Å². The van der Waals surface area contributed by atoms with E-state index < -0.39 is 0 Å². The molecular formula is C22H31N3O3. The Balaban J connectivity index is 1.37. The Kier molecular flexibility index (Phi) is 8.25. The number of nitrogens with zero attached hydrogens (tertiary/aromatic N) is 2. The Bertz CT molecular complexity index is 680. The van der Waals surface area contributed by atoms with E-state index in [1.165, 1.54) is 0 Å². The van der Waals surface area contributed by atoms with Gasteiger partial charge < -0.3 is 24.1 Å². The van der Waals surface area contributed by atoms with Crippen LogP contribution < -0.4 is 10.1 Å². The van der Waals surface area contributed by atoms with E-state index in [0.717, 1.165) is 62.9 Å². The number of aliphatic imine (C=N–C) groups is 1. The maximum Gasteiger partial charge on any atom is 0.193 e. The molecule has 1 aliphatic heterocycles. The normalized spacial score (nSPS) is 15.6. The average molecular weight is 386 g/mol. The summed E-state index contributed by atoms with van der Waals surface area (Å²) in [7, 11) is 0. The largest absolute Gasteiger partial charge is 0.490 e. The van der Waals surface area contributed by atoms with E-state index in [0.29, 0.717) is 13.2 Å². The zero-order chi connectivity index (χ0) is 19.4. The topological polar surface area (TPSA) is 59.2 Å². The molecule has 6 nitrogen and oxygen atoms in total. The van der Waals surface area contributed by atoms with E-state index >= 15 is 0 Å². The van der Waals surface area contributed by atoms with Crippen LogP contribution in [0.5, 0.6) is 5.75 Å². The van der Waals surface area contributed by atoms with E-state index in [-0.39, 0.29) is 6.10 Å². The number of guanidine groups is 1. The molecule has 1 aromatic carbocycles. The van der Waals surface area contributed by atoms with Crippen molar-refractivity contribution in [3.8, 4) is 5.75 Å². The van der Waals surface area contributed by atoms with Crippen LogP contribution in [0.25, 0.3) is 0 Å². The summed E-state index contributed by atoms with van der Waals surface area (Å²) in [5.74, 6) is 2.81. The molecule has 2 aromatic rings. The van der Waals surface area contributed by atoms with Gasteiger partial charge in [-0.25, -0.2) is 0 Å². The third-order valence-corrected chi connectivity index (χ3v) is 4.66. The lowest BCUT2D eigenvalue weighted by atomic mass is 10.1. The fraction of sp³-hybridized carbons (Fsp3) is 0.500. The zero-order valence-corrected chi connectivity index (χ0v) is 16.7. The first kappa shape index (κ1) is 20.3. The van der Waals surface area contributed by atoms with Crippen LogP contribution >= 0.6 is 0 Å². The zero-order valence-electron chi connectivity index (χ0n) is 16.7. The first-order valence-corrected chi connectivity index (χ1v) is 10.2. The maximum absolute atomic E-state index is 6.09. The summed E-state index contributed by atoms with van der Waals surface area (Å²) >= 11 is 0. The van der Waals surface area contributed by atoms with Gasteiger partial charge in [0.25, 0.3) is 0 Å². The van der Waals surface area contributed by atoms with Crippen LogP contribution in [0.2, 0.25) is 0 Å². The molecule has 0 spiro atoms. The highest BCUT2D eigenvalue weighted by Gasteiger charge is 2.22. The number of furan rings is 1. The molecule has 1 fully saturated rings. The minimum atomic E-state index is 0.275. The van der Waals surface area contributed by atoms with Crippen molar-refractivity contribution in [1.82, 2.24) is 10.2 Å². The number of likely N-dealkylation sites (tertiary alicyclic amines) is 1. The highest BCUT2D eigenvalue weighted by molar-refractivity contribution is 5.80. The van der Waals surface area contributed by atoms with E-state index in [4.69, 9.17) is 18.9 Å². The maximum atomic E-state index is 6.09. The second kappa shape index (κ2) is 11.4. The molecule has 0 unspecified atom stereocenters. The van der Waals surface area contributed by atoms with Gasteiger partial charge in [-0.15, -0.1) is 0 Å². The van der Waals surface area contributed by atoms with E-state index in [1.54, 1.807) is 6.26 Å². The van der Waals surface area contributed by atoms with Crippen LogP contribution in [0.4, 0.5) is 0 Å². The van der Waals surface area contributed by atoms with Crippen molar-refractivity contribution in [2.24, 2.45) is 4.99 Å². The first-order valence-electron chi connectivity index (χ1n) is 10.2. The summed E-state index contributed by atoms with van der Waals surface area (Å²) in [5, 5.41) is 3.41. The van der Waals surface area contributed by atoms with Gasteiger partial charge in [0.05, 0.1) is 6.26 Å². The van der Waals surface area contributed by atoms with Gasteiger partial charge >= 0.3 is 0 Å². The van der Waals surface area contributed by atoms with Crippen LogP contribution in [-0.4, -0.2) is 49.7 Å². The molecule has 0 saturated carbocycles. The van der Waals surface area contributed by atoms with Crippen LogP contribution in [0.1, 0.15) is 31.9 Å². The van der Waals surface area contributed by atoms with E-state index in [2.05, 4.69) is 17.1 Å². The van der Waals surface area contributed by atoms with Gasteiger partial charge in [-0.2, -0.15) is 0 Å². The fourth-order valence-electron chi connectivity index (χ4n) is 3.22. The van der Waals surface area contributed by atoms with Crippen molar-refractivity contribution in [1.29, 1.82) is 0 Å². The standard InChI is InChI=1S/C22H31N3O3/c1-2-23-22(24-13-7-16-26-18-21-10-6-17-27-21)25-14-11-20(12-15-25)28-19-8-4-3-5-9-19/h3-6,8-10,17,20H,2,7,11-16,18H2,1H3,(H,23,24). The first-order chi connectivity index (χ1) is 13.8. The molecule has 1 N–H and O–H groups in total. The summed E-state index contributed by atoms with van der Waals surface area (Å²) in [4.78, 5) is 7.10. The third-order valence-electron chi connectivity index (χ3n) is 4.66. The highest BCUT2D eigenvalue weighted by atomic mass is 16.5. The smallest absolute Gasteiger partial charge is 0.193 e. The minimum Gasteiger partial charge on any atom is -0.490 e. The van der Waals surface area contributed by atoms with Crippen molar-refractivity contribution in [3.05, 3.63) is 54.5 Å². The van der Waals surface area contributed by atoms with Crippen molar-refractivity contribution < 1.29 is 13.9 Å². The minimum absolute atomic E-state index is 0.275. The summed E-state index contributed by atoms with van der Waals surface area (Å²) < 4.78 is 17.0. The van der Waals surface area contributed by atoms with Gasteiger partial charge in [0.2, 0.25) is 0 Å². The van der Waals surface area contributed by atoms with Crippen LogP contribution in [-0.2, 0) is 11.3 Å². The molecule has 152 valence electrons. The Morgan fingerprint density at radius 3 is 2.71 bits per heavy atom. The van der Waals surface area contributed by atoms with Crippen LogP contribution in [0.3, 0.4) is 0 Å². The highest BCUT2D eigenvalue weighted by Crippen LogP contribution is 2.18. The van der Waals surface area contributed by atoms with Crippen LogP contribution in [0, 0.1) is 0 Å². The number of ether oxygens (including phenoxy) is 2. The summed E-state index contributed by atoms with van der Waals surface area (Å²) in [6, 6.07) is 13.9. The van der Waals surface area contributed by atoms with Gasteiger partial charge in [-0.3, -0.25) is 4.99 Å². The number of piperidine rings is 1. The predicted molar refractivity (Wildman–Crippen MR) is 111 cm³/mol. The molecule has 6 heteroatoms. The van der Waals surface area contributed by atoms with Crippen molar-refractivity contribution in [3.63, 3.8) is 0 Å². The number of rotatable bonds is 9. The Hall–Kier alpha value is -2.47. The molecule has 1 saturated heterocycles. The lowest BCUT2D eigenvalue weighted by Crippen LogP contribution is -2.47. The van der Waals surface area contributed by atoms with Crippen molar-refractivity contribution in [2.75, 3.05) is 32.8 Å². The second-order valence-electron chi connectivity index (χ2n) is 6.84. The van der Waals surface area contributed by atoms with Gasteiger partial charge in [0.15, 0.2) is 5.96 Å². The van der Waals surface area contributed by atoms with Gasteiger partial charge in [0, 0.05) is 45.6 Å². The van der Waals surface area contributed by atoms with Crippen molar-refractivity contribution in [2.45, 2.75) is 38.9 Å². The third kappa shape index (κ3) is 6.60. The SMILES string of the molecule is CCNC(=NCCCOCc1ccco1)N1CCC(Oc2ccccc2)CC1. The number of para-hydroxylation sites is 1. The monoisotopic (exact) mass is 385 g/mol. The molecule has 1 aromatic heterocycles. The molecule has 0 aliphatic carbocycles. The number of benzene rings is 1. The number of hydrogen-bond donors (Lipinski definition) is 1. The fourth-order valence-corrected chi connectivity index (χ4v) is 3.22. The Morgan fingerprint density at radius 1 is 1.18 bits per heavy atom. The molecule has 0 radical (unpaired) electrons.